The van der Waals surface area contributed by atoms with E-state index in [4.69, 9.17) is 14.2 Å². The second kappa shape index (κ2) is 7.83. The van der Waals surface area contributed by atoms with E-state index in [9.17, 15) is 9.90 Å². The van der Waals surface area contributed by atoms with Crippen molar-refractivity contribution in [1.29, 1.82) is 0 Å². The third-order valence-corrected chi connectivity index (χ3v) is 6.37. The van der Waals surface area contributed by atoms with Crippen LogP contribution in [0.2, 0.25) is 0 Å². The van der Waals surface area contributed by atoms with Crippen LogP contribution in [0.1, 0.15) is 37.1 Å². The molecule has 8 heteroatoms. The van der Waals surface area contributed by atoms with Gasteiger partial charge in [-0.05, 0) is 30.5 Å². The van der Waals surface area contributed by atoms with Crippen molar-refractivity contribution < 1.29 is 24.1 Å². The van der Waals surface area contributed by atoms with Gasteiger partial charge in [-0.2, -0.15) is 0 Å². The van der Waals surface area contributed by atoms with E-state index in [1.165, 1.54) is 0 Å². The predicted octanol–water partition coefficient (Wildman–Crippen LogP) is 2.03. The zero-order chi connectivity index (χ0) is 21.5. The van der Waals surface area contributed by atoms with E-state index in [2.05, 4.69) is 4.98 Å². The summed E-state index contributed by atoms with van der Waals surface area (Å²) in [6.07, 6.45) is 6.61. The highest BCUT2D eigenvalue weighted by molar-refractivity contribution is 5.80. The summed E-state index contributed by atoms with van der Waals surface area (Å²) in [5, 5.41) is 11.3. The zero-order valence-electron chi connectivity index (χ0n) is 17.9. The molecule has 2 aliphatic heterocycles. The molecule has 2 atom stereocenters. The first-order chi connectivity index (χ1) is 14.4. The molecular formula is C22H29N3O5. The summed E-state index contributed by atoms with van der Waals surface area (Å²) in [4.78, 5) is 19.6. The van der Waals surface area contributed by atoms with Crippen molar-refractivity contribution in [2.75, 3.05) is 21.3 Å². The van der Waals surface area contributed by atoms with E-state index in [-0.39, 0.29) is 24.4 Å². The van der Waals surface area contributed by atoms with Gasteiger partial charge in [0, 0.05) is 44.4 Å². The molecule has 0 aliphatic carbocycles. The van der Waals surface area contributed by atoms with E-state index in [1.54, 1.807) is 27.5 Å². The van der Waals surface area contributed by atoms with Gasteiger partial charge in [-0.15, -0.1) is 0 Å². The maximum absolute atomic E-state index is 13.3. The maximum atomic E-state index is 13.3. The monoisotopic (exact) mass is 415 g/mol. The molecule has 2 aliphatic rings. The fourth-order valence-corrected chi connectivity index (χ4v) is 5.13. The van der Waals surface area contributed by atoms with E-state index >= 15 is 0 Å². The van der Waals surface area contributed by atoms with E-state index in [0.29, 0.717) is 35.9 Å². The minimum atomic E-state index is -0.993. The number of amides is 1. The first-order valence-electron chi connectivity index (χ1n) is 10.2. The number of aliphatic hydroxyl groups is 1. The minimum Gasteiger partial charge on any atom is -0.493 e. The topological polar surface area (TPSA) is 86.1 Å². The lowest BCUT2D eigenvalue weighted by Crippen LogP contribution is -2.53. The molecule has 162 valence electrons. The molecule has 0 unspecified atom stereocenters. The number of fused-ring (bicyclic) bond motifs is 2. The van der Waals surface area contributed by atoms with Crippen molar-refractivity contribution in [3.8, 4) is 17.2 Å². The van der Waals surface area contributed by atoms with Gasteiger partial charge >= 0.3 is 0 Å². The van der Waals surface area contributed by atoms with Crippen LogP contribution in [0, 0.1) is 0 Å². The van der Waals surface area contributed by atoms with Crippen LogP contribution in [0.15, 0.2) is 24.5 Å². The molecule has 2 aromatic rings. The molecule has 0 spiro atoms. The Balaban J connectivity index is 1.54. The molecule has 0 saturated carbocycles. The number of nitrogens with zero attached hydrogens (tertiary/aromatic N) is 3. The number of ether oxygens (including phenoxy) is 3. The second-order valence-corrected chi connectivity index (χ2v) is 8.20. The summed E-state index contributed by atoms with van der Waals surface area (Å²) in [5.74, 6) is 2.31. The van der Waals surface area contributed by atoms with Gasteiger partial charge in [-0.25, -0.2) is 4.98 Å². The Hall–Kier alpha value is -2.74. The summed E-state index contributed by atoms with van der Waals surface area (Å²) in [6.45, 7) is 0. The van der Waals surface area contributed by atoms with Gasteiger partial charge in [-0.3, -0.25) is 4.79 Å². The molecular weight excluding hydrogens is 386 g/mol. The molecule has 2 fully saturated rings. The van der Waals surface area contributed by atoms with Crippen molar-refractivity contribution in [2.45, 2.75) is 49.8 Å². The Morgan fingerprint density at radius 1 is 1.13 bits per heavy atom. The van der Waals surface area contributed by atoms with Crippen molar-refractivity contribution in [3.63, 3.8) is 0 Å². The van der Waals surface area contributed by atoms with E-state index in [0.717, 1.165) is 18.4 Å². The third kappa shape index (κ3) is 3.39. The van der Waals surface area contributed by atoms with Crippen LogP contribution in [0.25, 0.3) is 0 Å². The molecule has 1 amide bonds. The van der Waals surface area contributed by atoms with Gasteiger partial charge in [-0.1, -0.05) is 0 Å². The number of hydrogen-bond donors (Lipinski definition) is 1. The Morgan fingerprint density at radius 2 is 1.73 bits per heavy atom. The number of piperidine rings is 1. The fraction of sp³-hybridized carbons (Fsp3) is 0.545. The quantitative estimate of drug-likeness (QED) is 0.777. The largest absolute Gasteiger partial charge is 0.493 e. The summed E-state index contributed by atoms with van der Waals surface area (Å²) < 4.78 is 18.1. The van der Waals surface area contributed by atoms with Gasteiger partial charge < -0.3 is 28.8 Å². The molecule has 4 rings (SSSR count). The zero-order valence-corrected chi connectivity index (χ0v) is 17.9. The molecule has 30 heavy (non-hydrogen) atoms. The number of carbonyl (C=O) groups excluding carboxylic acids is 1. The van der Waals surface area contributed by atoms with Gasteiger partial charge in [0.15, 0.2) is 11.5 Å². The Morgan fingerprint density at radius 3 is 2.20 bits per heavy atom. The summed E-state index contributed by atoms with van der Waals surface area (Å²) >= 11 is 0. The van der Waals surface area contributed by atoms with Crippen molar-refractivity contribution in [1.82, 2.24) is 14.5 Å². The summed E-state index contributed by atoms with van der Waals surface area (Å²) in [7, 11) is 6.57. The van der Waals surface area contributed by atoms with Crippen molar-refractivity contribution in [3.05, 3.63) is 35.9 Å². The second-order valence-electron chi connectivity index (χ2n) is 8.20. The molecule has 1 aromatic heterocycles. The number of hydrogen-bond acceptors (Lipinski definition) is 6. The van der Waals surface area contributed by atoms with Crippen LogP contribution < -0.4 is 14.2 Å². The van der Waals surface area contributed by atoms with Gasteiger partial charge in [0.05, 0.1) is 27.8 Å². The molecule has 1 N–H and O–H groups in total. The van der Waals surface area contributed by atoms with Crippen LogP contribution in [0.3, 0.4) is 0 Å². The Labute approximate surface area is 176 Å². The third-order valence-electron chi connectivity index (χ3n) is 6.37. The van der Waals surface area contributed by atoms with Crippen LogP contribution in [-0.4, -0.2) is 58.9 Å². The van der Waals surface area contributed by atoms with Crippen LogP contribution in [0.4, 0.5) is 0 Å². The van der Waals surface area contributed by atoms with Crippen LogP contribution in [-0.2, 0) is 23.9 Å². The van der Waals surface area contributed by atoms with Gasteiger partial charge in [0.2, 0.25) is 11.7 Å². The summed E-state index contributed by atoms with van der Waals surface area (Å²) in [5.41, 5.74) is -0.188. The molecule has 2 bridgehead atoms. The number of methoxy groups -OCH3 is 3. The number of aromatic nitrogens is 2. The van der Waals surface area contributed by atoms with E-state index < -0.39 is 5.60 Å². The SMILES string of the molecule is COc1cc(CC(=O)N2[C@@H]3CC[C@@H]2CC(O)(c2nccn2C)C3)cc(OC)c1OC. The summed E-state index contributed by atoms with van der Waals surface area (Å²) in [6, 6.07) is 3.66. The number of rotatable bonds is 6. The molecule has 0 radical (unpaired) electrons. The molecule has 1 aromatic carbocycles. The lowest BCUT2D eigenvalue weighted by atomic mass is 9.85. The number of carbonyl (C=O) groups is 1. The standard InChI is InChI=1S/C22H29N3O5/c1-24-8-7-23-21(24)22(27)12-15-5-6-16(13-22)25(15)19(26)11-14-9-17(28-2)20(30-4)18(10-14)29-3/h7-10,15-16,27H,5-6,11-13H2,1-4H3/t15-,16-/m1/s1. The number of imidazole rings is 1. The Kier molecular flexibility index (Phi) is 5.36. The normalized spacial score (nSPS) is 25.3. The van der Waals surface area contributed by atoms with Crippen molar-refractivity contribution in [2.24, 2.45) is 7.05 Å². The van der Waals surface area contributed by atoms with Crippen molar-refractivity contribution >= 4 is 5.91 Å². The first kappa shape index (κ1) is 20.5. The lowest BCUT2D eigenvalue weighted by molar-refractivity contribution is -0.141. The van der Waals surface area contributed by atoms with Crippen LogP contribution in [0.5, 0.6) is 17.2 Å². The molecule has 2 saturated heterocycles. The maximum Gasteiger partial charge on any atom is 0.227 e. The highest BCUT2D eigenvalue weighted by Crippen LogP contribution is 2.45. The minimum absolute atomic E-state index is 0.0139. The van der Waals surface area contributed by atoms with Crippen LogP contribution >= 0.6 is 0 Å². The first-order valence-corrected chi connectivity index (χ1v) is 10.2. The average Bonchev–Trinajstić information content (AvgIpc) is 3.29. The smallest absolute Gasteiger partial charge is 0.227 e. The van der Waals surface area contributed by atoms with E-state index in [1.807, 2.05) is 34.8 Å². The molecule has 3 heterocycles. The highest BCUT2D eigenvalue weighted by Gasteiger charge is 2.51. The van der Waals surface area contributed by atoms with Gasteiger partial charge in [0.1, 0.15) is 11.4 Å². The van der Waals surface area contributed by atoms with Gasteiger partial charge in [0.25, 0.3) is 0 Å². The predicted molar refractivity (Wildman–Crippen MR) is 110 cm³/mol. The average molecular weight is 415 g/mol. The fourth-order valence-electron chi connectivity index (χ4n) is 5.13. The Bertz CT molecular complexity index is 902. The number of benzene rings is 1. The highest BCUT2D eigenvalue weighted by atomic mass is 16.5. The molecule has 8 nitrogen and oxygen atoms in total. The number of aryl methyl sites for hydroxylation is 1. The lowest BCUT2D eigenvalue weighted by Gasteiger charge is -2.43.